The summed E-state index contributed by atoms with van der Waals surface area (Å²) in [6.45, 7) is 1.89. The Morgan fingerprint density at radius 3 is 2.45 bits per heavy atom. The first-order valence-corrected chi connectivity index (χ1v) is 11.0. The van der Waals surface area contributed by atoms with Gasteiger partial charge < -0.3 is 9.84 Å². The fourth-order valence-electron chi connectivity index (χ4n) is 4.15. The summed E-state index contributed by atoms with van der Waals surface area (Å²) in [5.74, 6) is -0.468. The Morgan fingerprint density at radius 2 is 1.83 bits per heavy atom. The Bertz CT molecular complexity index is 1180. The SMILES string of the molecule is COC(=O)c1ccc([C@@H]2CC[C@H](O)C2)c2ccn(S(=O)(=O)c3ccc(C)cc3)c12. The number of hydrogen-bond donors (Lipinski definition) is 1. The van der Waals surface area contributed by atoms with Crippen molar-refractivity contribution in [1.29, 1.82) is 0 Å². The second-order valence-electron chi connectivity index (χ2n) is 7.55. The maximum absolute atomic E-state index is 13.3. The van der Waals surface area contributed by atoms with E-state index < -0.39 is 16.0 Å². The van der Waals surface area contributed by atoms with Crippen LogP contribution in [0.15, 0.2) is 53.6 Å². The smallest absolute Gasteiger partial charge is 0.340 e. The van der Waals surface area contributed by atoms with Crippen molar-refractivity contribution in [2.24, 2.45) is 0 Å². The third-order valence-electron chi connectivity index (χ3n) is 5.68. The quantitative estimate of drug-likeness (QED) is 0.661. The molecule has 2 aromatic carbocycles. The van der Waals surface area contributed by atoms with E-state index in [0.29, 0.717) is 23.7 Å². The van der Waals surface area contributed by atoms with Crippen molar-refractivity contribution in [3.63, 3.8) is 0 Å². The molecule has 0 spiro atoms. The van der Waals surface area contributed by atoms with E-state index >= 15 is 0 Å². The number of esters is 1. The van der Waals surface area contributed by atoms with Crippen LogP contribution in [0.1, 0.15) is 46.7 Å². The number of ether oxygens (including phenoxy) is 1. The van der Waals surface area contributed by atoms with E-state index in [1.165, 1.54) is 13.3 Å². The zero-order chi connectivity index (χ0) is 20.8. The van der Waals surface area contributed by atoms with E-state index in [0.717, 1.165) is 21.5 Å². The summed E-state index contributed by atoms with van der Waals surface area (Å²) in [4.78, 5) is 12.6. The molecule has 6 nitrogen and oxygen atoms in total. The number of aryl methyl sites for hydroxylation is 1. The molecule has 3 aromatic rings. The van der Waals surface area contributed by atoms with E-state index in [1.54, 1.807) is 36.4 Å². The average Bonchev–Trinajstić information content (AvgIpc) is 3.34. The third-order valence-corrected chi connectivity index (χ3v) is 7.37. The van der Waals surface area contributed by atoms with Gasteiger partial charge in [-0.2, -0.15) is 0 Å². The van der Waals surface area contributed by atoms with Crippen molar-refractivity contribution in [3.8, 4) is 0 Å². The summed E-state index contributed by atoms with van der Waals surface area (Å²) in [5, 5.41) is 10.6. The molecule has 0 bridgehead atoms. The highest BCUT2D eigenvalue weighted by atomic mass is 32.2. The number of methoxy groups -OCH3 is 1. The molecule has 1 heterocycles. The van der Waals surface area contributed by atoms with Crippen molar-refractivity contribution in [1.82, 2.24) is 3.97 Å². The number of aliphatic hydroxyl groups is 1. The van der Waals surface area contributed by atoms with Gasteiger partial charge in [-0.1, -0.05) is 23.8 Å². The van der Waals surface area contributed by atoms with Crippen molar-refractivity contribution in [2.75, 3.05) is 7.11 Å². The van der Waals surface area contributed by atoms with Crippen molar-refractivity contribution in [3.05, 3.63) is 65.4 Å². The summed E-state index contributed by atoms with van der Waals surface area (Å²) < 4.78 is 32.7. The number of aliphatic hydroxyl groups excluding tert-OH is 1. The van der Waals surface area contributed by atoms with Crippen LogP contribution in [0.5, 0.6) is 0 Å². The van der Waals surface area contributed by atoms with Gasteiger partial charge in [0, 0.05) is 11.6 Å². The Hall–Kier alpha value is -2.64. The van der Waals surface area contributed by atoms with Gasteiger partial charge in [0.2, 0.25) is 0 Å². The van der Waals surface area contributed by atoms with Crippen LogP contribution in [0.25, 0.3) is 10.9 Å². The van der Waals surface area contributed by atoms with Crippen LogP contribution >= 0.6 is 0 Å². The van der Waals surface area contributed by atoms with Crippen molar-refractivity contribution >= 4 is 26.9 Å². The molecular weight excluding hydrogens is 390 g/mol. The molecule has 0 radical (unpaired) electrons. The van der Waals surface area contributed by atoms with Crippen LogP contribution in [0.3, 0.4) is 0 Å². The standard InChI is InChI=1S/C22H23NO5S/c1-14-3-7-17(8-4-14)29(26,27)23-12-11-19-18(15-5-6-16(24)13-15)9-10-20(21(19)23)22(25)28-2/h3-4,7-12,15-16,24H,5-6,13H2,1-2H3/t15-,16+/m1/s1. The number of rotatable bonds is 4. The van der Waals surface area contributed by atoms with E-state index in [2.05, 4.69) is 0 Å². The minimum absolute atomic E-state index is 0.122. The van der Waals surface area contributed by atoms with Gasteiger partial charge in [0.05, 0.1) is 29.2 Å². The Balaban J connectivity index is 1.95. The summed E-state index contributed by atoms with van der Waals surface area (Å²) in [5.41, 5.74) is 2.42. The lowest BCUT2D eigenvalue weighted by molar-refractivity contribution is 0.0602. The molecule has 0 amide bonds. The first kappa shape index (κ1) is 19.7. The molecule has 7 heteroatoms. The summed E-state index contributed by atoms with van der Waals surface area (Å²) in [6.07, 6.45) is 3.30. The highest BCUT2D eigenvalue weighted by Gasteiger charge is 2.29. The molecule has 0 unspecified atom stereocenters. The Kier molecular flexibility index (Phi) is 4.96. The topological polar surface area (TPSA) is 85.6 Å². The molecular formula is C22H23NO5S. The van der Waals surface area contributed by atoms with Crippen LogP contribution in [-0.2, 0) is 14.8 Å². The second-order valence-corrected chi connectivity index (χ2v) is 9.36. The highest BCUT2D eigenvalue weighted by molar-refractivity contribution is 7.90. The zero-order valence-corrected chi connectivity index (χ0v) is 17.1. The third kappa shape index (κ3) is 3.34. The maximum Gasteiger partial charge on any atom is 0.340 e. The van der Waals surface area contributed by atoms with Crippen LogP contribution < -0.4 is 0 Å². The number of fused-ring (bicyclic) bond motifs is 1. The predicted octanol–water partition coefficient (Wildman–Crippen LogP) is 3.60. The van der Waals surface area contributed by atoms with Crippen LogP contribution in [-0.4, -0.2) is 36.7 Å². The molecule has 152 valence electrons. The number of benzene rings is 2. The van der Waals surface area contributed by atoms with E-state index in [-0.39, 0.29) is 22.5 Å². The van der Waals surface area contributed by atoms with Gasteiger partial charge in [0.15, 0.2) is 0 Å². The molecule has 1 N–H and O–H groups in total. The predicted molar refractivity (Wildman–Crippen MR) is 110 cm³/mol. The van der Waals surface area contributed by atoms with E-state index in [4.69, 9.17) is 4.74 Å². The second kappa shape index (κ2) is 7.31. The summed E-state index contributed by atoms with van der Waals surface area (Å²) >= 11 is 0. The number of nitrogens with zero attached hydrogens (tertiary/aromatic N) is 1. The minimum atomic E-state index is -3.89. The normalized spacial score (nSPS) is 19.6. The van der Waals surface area contributed by atoms with Crippen LogP contribution in [0, 0.1) is 6.92 Å². The monoisotopic (exact) mass is 413 g/mol. The lowest BCUT2D eigenvalue weighted by Gasteiger charge is -2.15. The summed E-state index contributed by atoms with van der Waals surface area (Å²) in [7, 11) is -2.62. The first-order valence-electron chi connectivity index (χ1n) is 9.55. The number of carbonyl (C=O) groups excluding carboxylic acids is 1. The molecule has 4 rings (SSSR count). The molecule has 1 aromatic heterocycles. The summed E-state index contributed by atoms with van der Waals surface area (Å²) in [6, 6.07) is 11.8. The lowest BCUT2D eigenvalue weighted by atomic mass is 9.93. The molecule has 29 heavy (non-hydrogen) atoms. The fraction of sp³-hybridized carbons (Fsp3) is 0.318. The maximum atomic E-state index is 13.3. The van der Waals surface area contributed by atoms with Gasteiger partial charge in [-0.3, -0.25) is 0 Å². The molecule has 0 saturated heterocycles. The largest absolute Gasteiger partial charge is 0.465 e. The fourth-order valence-corrected chi connectivity index (χ4v) is 5.51. The highest BCUT2D eigenvalue weighted by Crippen LogP contribution is 2.39. The average molecular weight is 413 g/mol. The number of carbonyl (C=O) groups is 1. The zero-order valence-electron chi connectivity index (χ0n) is 16.3. The van der Waals surface area contributed by atoms with Crippen LogP contribution in [0.2, 0.25) is 0 Å². The molecule has 1 fully saturated rings. The lowest BCUT2D eigenvalue weighted by Crippen LogP contribution is -2.15. The van der Waals surface area contributed by atoms with E-state index in [9.17, 15) is 18.3 Å². The van der Waals surface area contributed by atoms with Crippen molar-refractivity contribution in [2.45, 2.75) is 43.1 Å². The molecule has 0 aliphatic heterocycles. The van der Waals surface area contributed by atoms with Gasteiger partial charge in [0.25, 0.3) is 10.0 Å². The molecule has 1 aliphatic rings. The molecule has 1 aliphatic carbocycles. The van der Waals surface area contributed by atoms with E-state index in [1.807, 2.05) is 13.0 Å². The van der Waals surface area contributed by atoms with Crippen molar-refractivity contribution < 1.29 is 23.1 Å². The number of aromatic nitrogens is 1. The molecule has 1 saturated carbocycles. The minimum Gasteiger partial charge on any atom is -0.465 e. The van der Waals surface area contributed by atoms with Gasteiger partial charge in [-0.25, -0.2) is 17.2 Å². The van der Waals surface area contributed by atoms with Gasteiger partial charge in [0.1, 0.15) is 0 Å². The molecule has 2 atom stereocenters. The first-order chi connectivity index (χ1) is 13.8. The Morgan fingerprint density at radius 1 is 1.10 bits per heavy atom. The Labute approximate surface area is 169 Å². The van der Waals surface area contributed by atoms with Gasteiger partial charge in [-0.05, 0) is 61.9 Å². The number of hydrogen-bond acceptors (Lipinski definition) is 5. The van der Waals surface area contributed by atoms with Gasteiger partial charge in [-0.15, -0.1) is 0 Å². The van der Waals surface area contributed by atoms with Gasteiger partial charge >= 0.3 is 5.97 Å². The van der Waals surface area contributed by atoms with Crippen LogP contribution in [0.4, 0.5) is 0 Å².